The van der Waals surface area contributed by atoms with Crippen LogP contribution < -0.4 is 10.6 Å². The minimum Gasteiger partial charge on any atom is -0.370 e. The van der Waals surface area contributed by atoms with Crippen molar-refractivity contribution in [1.29, 1.82) is 0 Å². The molecule has 1 aromatic heterocycles. The van der Waals surface area contributed by atoms with Crippen molar-refractivity contribution >= 4 is 17.3 Å². The number of aryl methyl sites for hydroxylation is 3. The average molecular weight is 270 g/mol. The number of hydrogen-bond acceptors (Lipinski definition) is 4. The van der Waals surface area contributed by atoms with Crippen LogP contribution in [0.1, 0.15) is 29.4 Å². The van der Waals surface area contributed by atoms with Crippen LogP contribution in [0.4, 0.5) is 17.3 Å². The summed E-state index contributed by atoms with van der Waals surface area (Å²) in [5, 5.41) is 6.71. The van der Waals surface area contributed by atoms with Gasteiger partial charge in [-0.05, 0) is 51.8 Å². The summed E-state index contributed by atoms with van der Waals surface area (Å²) in [7, 11) is 0. The van der Waals surface area contributed by atoms with Gasteiger partial charge in [0.1, 0.15) is 17.5 Å². The normalized spacial score (nSPS) is 10.4. The Morgan fingerprint density at radius 1 is 1.00 bits per heavy atom. The van der Waals surface area contributed by atoms with Crippen LogP contribution in [-0.2, 0) is 0 Å². The second-order valence-electron chi connectivity index (χ2n) is 5.07. The SMILES string of the molecule is CCNc1nc(C)nc(Nc2cc(C)ccc2C)c1C. The van der Waals surface area contributed by atoms with Crippen molar-refractivity contribution in [1.82, 2.24) is 9.97 Å². The zero-order valence-corrected chi connectivity index (χ0v) is 12.8. The Bertz CT molecular complexity index is 620. The third kappa shape index (κ3) is 3.07. The molecule has 1 heterocycles. The molecular formula is C16H22N4. The molecule has 2 N–H and O–H groups in total. The predicted molar refractivity (Wildman–Crippen MR) is 84.9 cm³/mol. The van der Waals surface area contributed by atoms with Gasteiger partial charge in [-0.15, -0.1) is 0 Å². The maximum Gasteiger partial charge on any atom is 0.139 e. The molecule has 2 rings (SSSR count). The molecule has 0 unspecified atom stereocenters. The quantitative estimate of drug-likeness (QED) is 0.885. The first-order valence-corrected chi connectivity index (χ1v) is 6.94. The molecule has 0 aliphatic heterocycles. The number of anilines is 3. The molecule has 20 heavy (non-hydrogen) atoms. The van der Waals surface area contributed by atoms with Crippen molar-refractivity contribution < 1.29 is 0 Å². The second-order valence-corrected chi connectivity index (χ2v) is 5.07. The van der Waals surface area contributed by atoms with E-state index in [1.807, 2.05) is 13.8 Å². The number of aromatic nitrogens is 2. The van der Waals surface area contributed by atoms with E-state index in [1.54, 1.807) is 0 Å². The molecule has 0 aliphatic rings. The summed E-state index contributed by atoms with van der Waals surface area (Å²) in [6.07, 6.45) is 0. The van der Waals surface area contributed by atoms with Gasteiger partial charge in [0.2, 0.25) is 0 Å². The molecule has 0 amide bonds. The lowest BCUT2D eigenvalue weighted by Crippen LogP contribution is -2.08. The molecule has 0 saturated heterocycles. The largest absolute Gasteiger partial charge is 0.370 e. The lowest BCUT2D eigenvalue weighted by Gasteiger charge is -2.15. The highest BCUT2D eigenvalue weighted by atomic mass is 15.1. The Morgan fingerprint density at radius 2 is 1.70 bits per heavy atom. The van der Waals surface area contributed by atoms with Crippen LogP contribution in [0.25, 0.3) is 0 Å². The fraction of sp³-hybridized carbons (Fsp3) is 0.375. The summed E-state index contributed by atoms with van der Waals surface area (Å²) < 4.78 is 0. The van der Waals surface area contributed by atoms with E-state index in [0.29, 0.717) is 0 Å². The highest BCUT2D eigenvalue weighted by Gasteiger charge is 2.10. The summed E-state index contributed by atoms with van der Waals surface area (Å²) >= 11 is 0. The smallest absolute Gasteiger partial charge is 0.139 e. The zero-order valence-electron chi connectivity index (χ0n) is 12.8. The molecule has 1 aromatic carbocycles. The Hall–Kier alpha value is -2.10. The zero-order chi connectivity index (χ0) is 14.7. The molecular weight excluding hydrogens is 248 g/mol. The van der Waals surface area contributed by atoms with Crippen LogP contribution in [0, 0.1) is 27.7 Å². The van der Waals surface area contributed by atoms with Gasteiger partial charge in [-0.3, -0.25) is 0 Å². The second kappa shape index (κ2) is 5.90. The van der Waals surface area contributed by atoms with Gasteiger partial charge in [-0.1, -0.05) is 12.1 Å². The van der Waals surface area contributed by atoms with E-state index in [0.717, 1.165) is 35.3 Å². The first-order valence-electron chi connectivity index (χ1n) is 6.94. The Balaban J connectivity index is 2.40. The van der Waals surface area contributed by atoms with Gasteiger partial charge in [0.15, 0.2) is 0 Å². The van der Waals surface area contributed by atoms with Gasteiger partial charge < -0.3 is 10.6 Å². The number of hydrogen-bond donors (Lipinski definition) is 2. The molecule has 0 spiro atoms. The van der Waals surface area contributed by atoms with Crippen molar-refractivity contribution in [2.75, 3.05) is 17.2 Å². The van der Waals surface area contributed by atoms with Crippen LogP contribution in [0.2, 0.25) is 0 Å². The molecule has 106 valence electrons. The van der Waals surface area contributed by atoms with Gasteiger partial charge in [0.05, 0.1) is 0 Å². The molecule has 0 saturated carbocycles. The van der Waals surface area contributed by atoms with Crippen LogP contribution in [-0.4, -0.2) is 16.5 Å². The maximum atomic E-state index is 4.52. The average Bonchev–Trinajstić information content (AvgIpc) is 2.39. The summed E-state index contributed by atoms with van der Waals surface area (Å²) in [6, 6.07) is 6.37. The molecule has 0 atom stereocenters. The number of nitrogens with zero attached hydrogens (tertiary/aromatic N) is 2. The van der Waals surface area contributed by atoms with Crippen molar-refractivity contribution in [3.05, 3.63) is 40.7 Å². The minimum absolute atomic E-state index is 0.763. The fourth-order valence-corrected chi connectivity index (χ4v) is 2.09. The van der Waals surface area contributed by atoms with Crippen molar-refractivity contribution in [2.45, 2.75) is 34.6 Å². The summed E-state index contributed by atoms with van der Waals surface area (Å²) in [5.41, 5.74) is 4.57. The van der Waals surface area contributed by atoms with Gasteiger partial charge >= 0.3 is 0 Å². The Kier molecular flexibility index (Phi) is 4.23. The van der Waals surface area contributed by atoms with Gasteiger partial charge in [0, 0.05) is 17.8 Å². The van der Waals surface area contributed by atoms with Crippen LogP contribution in [0.15, 0.2) is 18.2 Å². The minimum atomic E-state index is 0.763. The molecule has 0 bridgehead atoms. The topological polar surface area (TPSA) is 49.8 Å². The van der Waals surface area contributed by atoms with E-state index in [4.69, 9.17) is 0 Å². The van der Waals surface area contributed by atoms with Gasteiger partial charge in [-0.25, -0.2) is 9.97 Å². The Morgan fingerprint density at radius 3 is 2.40 bits per heavy atom. The maximum absolute atomic E-state index is 4.52. The van der Waals surface area contributed by atoms with Crippen molar-refractivity contribution in [3.8, 4) is 0 Å². The van der Waals surface area contributed by atoms with E-state index in [-0.39, 0.29) is 0 Å². The fourth-order valence-electron chi connectivity index (χ4n) is 2.09. The van der Waals surface area contributed by atoms with Crippen molar-refractivity contribution in [3.63, 3.8) is 0 Å². The van der Waals surface area contributed by atoms with E-state index in [2.05, 4.69) is 59.6 Å². The first-order chi connectivity index (χ1) is 9.51. The van der Waals surface area contributed by atoms with Gasteiger partial charge in [0.25, 0.3) is 0 Å². The molecule has 0 radical (unpaired) electrons. The lowest BCUT2D eigenvalue weighted by atomic mass is 10.1. The molecule has 2 aromatic rings. The van der Waals surface area contributed by atoms with Gasteiger partial charge in [-0.2, -0.15) is 0 Å². The third-order valence-electron chi connectivity index (χ3n) is 3.25. The van der Waals surface area contributed by atoms with Crippen LogP contribution >= 0.6 is 0 Å². The summed E-state index contributed by atoms with van der Waals surface area (Å²) in [5.74, 6) is 2.52. The van der Waals surface area contributed by atoms with E-state index in [9.17, 15) is 0 Å². The third-order valence-corrected chi connectivity index (χ3v) is 3.25. The first kappa shape index (κ1) is 14.3. The molecule has 4 nitrogen and oxygen atoms in total. The van der Waals surface area contributed by atoms with E-state index >= 15 is 0 Å². The van der Waals surface area contributed by atoms with Crippen LogP contribution in [0.5, 0.6) is 0 Å². The summed E-state index contributed by atoms with van der Waals surface area (Å²) in [4.78, 5) is 8.96. The molecule has 4 heteroatoms. The molecule has 0 fully saturated rings. The Labute approximate surface area is 120 Å². The van der Waals surface area contributed by atoms with Crippen molar-refractivity contribution in [2.24, 2.45) is 0 Å². The standard InChI is InChI=1S/C16H22N4/c1-6-17-15-12(4)16(19-13(5)18-15)20-14-9-10(2)7-8-11(14)3/h7-9H,6H2,1-5H3,(H2,17,18,19,20). The number of benzene rings is 1. The highest BCUT2D eigenvalue weighted by molar-refractivity contribution is 5.67. The number of nitrogens with one attached hydrogen (secondary N) is 2. The number of rotatable bonds is 4. The highest BCUT2D eigenvalue weighted by Crippen LogP contribution is 2.25. The van der Waals surface area contributed by atoms with E-state index in [1.165, 1.54) is 11.1 Å². The predicted octanol–water partition coefficient (Wildman–Crippen LogP) is 3.89. The summed E-state index contributed by atoms with van der Waals surface area (Å²) in [6.45, 7) is 11.0. The van der Waals surface area contributed by atoms with Crippen LogP contribution in [0.3, 0.4) is 0 Å². The molecule has 0 aliphatic carbocycles. The monoisotopic (exact) mass is 270 g/mol. The van der Waals surface area contributed by atoms with E-state index < -0.39 is 0 Å². The lowest BCUT2D eigenvalue weighted by molar-refractivity contribution is 1.02.